The van der Waals surface area contributed by atoms with Crippen LogP contribution in [0.4, 0.5) is 0 Å². The van der Waals surface area contributed by atoms with Crippen molar-refractivity contribution in [3.8, 4) is 0 Å². The van der Waals surface area contributed by atoms with Crippen LogP contribution >= 0.6 is 0 Å². The maximum Gasteiger partial charge on any atom is 0.302 e. The molecule has 1 aromatic rings. The van der Waals surface area contributed by atoms with Crippen molar-refractivity contribution in [3.05, 3.63) is 35.9 Å². The lowest BCUT2D eigenvalue weighted by molar-refractivity contribution is -0.234. The number of Topliss-reactive ketones (excluding diaryl/α,β-unsaturated/α-hetero) is 1. The monoisotopic (exact) mass is 349 g/mol. The van der Waals surface area contributed by atoms with E-state index >= 15 is 0 Å². The molecule has 0 radical (unpaired) electrons. The predicted octanol–water partition coefficient (Wildman–Crippen LogP) is 2.03. The van der Waals surface area contributed by atoms with Crippen molar-refractivity contribution in [2.24, 2.45) is 11.8 Å². The zero-order valence-electron chi connectivity index (χ0n) is 15.2. The smallest absolute Gasteiger partial charge is 0.302 e. The van der Waals surface area contributed by atoms with Crippen LogP contribution in [0.15, 0.2) is 30.3 Å². The number of carbonyl (C=O) groups is 2. The second-order valence-corrected chi connectivity index (χ2v) is 6.50. The van der Waals surface area contributed by atoms with Crippen LogP contribution in [-0.2, 0) is 19.0 Å². The van der Waals surface area contributed by atoms with Crippen LogP contribution in [0.5, 0.6) is 0 Å². The van der Waals surface area contributed by atoms with Crippen molar-refractivity contribution < 1.29 is 23.8 Å². The Labute approximate surface area is 148 Å². The van der Waals surface area contributed by atoms with Gasteiger partial charge in [0.05, 0.1) is 18.7 Å². The second kappa shape index (κ2) is 9.08. The quantitative estimate of drug-likeness (QED) is 0.600. The molecule has 1 N–H and O–H groups in total. The molecule has 5 atom stereocenters. The fraction of sp³-hybridized carbons (Fsp3) is 0.579. The fourth-order valence-electron chi connectivity index (χ4n) is 3.11. The maximum absolute atomic E-state index is 12.3. The summed E-state index contributed by atoms with van der Waals surface area (Å²) in [5.74, 6) is 0.0291. The van der Waals surface area contributed by atoms with E-state index in [0.29, 0.717) is 5.56 Å². The van der Waals surface area contributed by atoms with Gasteiger partial charge < -0.3 is 19.5 Å². The number of rotatable bonds is 7. The first-order chi connectivity index (χ1) is 11.9. The zero-order valence-corrected chi connectivity index (χ0v) is 15.2. The van der Waals surface area contributed by atoms with E-state index in [-0.39, 0.29) is 48.9 Å². The van der Waals surface area contributed by atoms with E-state index < -0.39 is 6.29 Å². The first kappa shape index (κ1) is 19.6. The van der Waals surface area contributed by atoms with Crippen LogP contribution in [0.2, 0.25) is 0 Å². The number of carbonyl (C=O) groups excluding carboxylic acids is 2. The van der Waals surface area contributed by atoms with Gasteiger partial charge >= 0.3 is 5.97 Å². The van der Waals surface area contributed by atoms with Crippen LogP contribution in [0.25, 0.3) is 0 Å². The number of nitrogens with one attached hydrogen (secondary N) is 1. The van der Waals surface area contributed by atoms with Gasteiger partial charge in [-0.15, -0.1) is 0 Å². The Balaban J connectivity index is 1.97. The topological polar surface area (TPSA) is 73.9 Å². The van der Waals surface area contributed by atoms with Gasteiger partial charge in [-0.25, -0.2) is 0 Å². The van der Waals surface area contributed by atoms with E-state index in [1.165, 1.54) is 6.92 Å². The maximum atomic E-state index is 12.3. The van der Waals surface area contributed by atoms with Crippen molar-refractivity contribution in [2.75, 3.05) is 20.3 Å². The first-order valence-electron chi connectivity index (χ1n) is 8.57. The van der Waals surface area contributed by atoms with Crippen LogP contribution in [-0.4, -0.2) is 50.4 Å². The highest BCUT2D eigenvalue weighted by molar-refractivity contribution is 5.97. The van der Waals surface area contributed by atoms with Gasteiger partial charge in [0, 0.05) is 19.6 Å². The number of methoxy groups -OCH3 is 1. The SMILES string of the molecule is COC1OC(COC(C)=O)[C@@H](C)[C@H](C)[C@@H]1NCC(=O)c1ccccc1. The molecular formula is C19H27NO5. The molecule has 1 aromatic carbocycles. The van der Waals surface area contributed by atoms with Gasteiger partial charge in [-0.1, -0.05) is 44.2 Å². The molecule has 0 spiro atoms. The Bertz CT molecular complexity index is 574. The Morgan fingerprint density at radius 3 is 2.44 bits per heavy atom. The second-order valence-electron chi connectivity index (χ2n) is 6.50. The number of esters is 1. The molecule has 2 unspecified atom stereocenters. The Hall–Kier alpha value is -1.76. The molecule has 1 fully saturated rings. The van der Waals surface area contributed by atoms with E-state index in [4.69, 9.17) is 14.2 Å². The normalized spacial score (nSPS) is 29.2. The third-order valence-corrected chi connectivity index (χ3v) is 4.86. The standard InChI is InChI=1S/C19H27NO5/c1-12-13(2)18(19(23-4)25-17(12)11-24-14(3)21)20-10-16(22)15-8-6-5-7-9-15/h5-9,12-13,17-20H,10-11H2,1-4H3/t12-,13-,17?,18-,19?/m0/s1. The van der Waals surface area contributed by atoms with E-state index in [1.807, 2.05) is 18.2 Å². The fourth-order valence-corrected chi connectivity index (χ4v) is 3.11. The molecule has 1 saturated heterocycles. The summed E-state index contributed by atoms with van der Waals surface area (Å²) < 4.78 is 16.5. The van der Waals surface area contributed by atoms with E-state index in [1.54, 1.807) is 19.2 Å². The predicted molar refractivity (Wildman–Crippen MR) is 93.2 cm³/mol. The van der Waals surface area contributed by atoms with Crippen molar-refractivity contribution in [1.29, 1.82) is 0 Å². The molecule has 0 aliphatic carbocycles. The number of benzene rings is 1. The summed E-state index contributed by atoms with van der Waals surface area (Å²) in [7, 11) is 1.57. The van der Waals surface area contributed by atoms with Crippen molar-refractivity contribution >= 4 is 11.8 Å². The number of hydrogen-bond donors (Lipinski definition) is 1. The van der Waals surface area contributed by atoms with Gasteiger partial charge in [-0.05, 0) is 11.8 Å². The molecule has 25 heavy (non-hydrogen) atoms. The van der Waals surface area contributed by atoms with E-state index in [9.17, 15) is 9.59 Å². The van der Waals surface area contributed by atoms with E-state index in [0.717, 1.165) is 0 Å². The van der Waals surface area contributed by atoms with Crippen LogP contribution in [0.1, 0.15) is 31.1 Å². The molecule has 138 valence electrons. The molecule has 2 rings (SSSR count). The molecular weight excluding hydrogens is 322 g/mol. The molecule has 0 amide bonds. The summed E-state index contributed by atoms with van der Waals surface area (Å²) in [5.41, 5.74) is 0.675. The van der Waals surface area contributed by atoms with Gasteiger partial charge in [0.1, 0.15) is 6.61 Å². The van der Waals surface area contributed by atoms with Gasteiger partial charge in [0.25, 0.3) is 0 Å². The minimum atomic E-state index is -0.504. The minimum absolute atomic E-state index is 0.0253. The lowest BCUT2D eigenvalue weighted by Crippen LogP contribution is -2.58. The lowest BCUT2D eigenvalue weighted by Gasteiger charge is -2.44. The van der Waals surface area contributed by atoms with Gasteiger partial charge in [-0.3, -0.25) is 9.59 Å². The van der Waals surface area contributed by atoms with E-state index in [2.05, 4.69) is 19.2 Å². The Morgan fingerprint density at radius 1 is 1.16 bits per heavy atom. The molecule has 0 saturated carbocycles. The summed E-state index contributed by atoms with van der Waals surface area (Å²) >= 11 is 0. The average Bonchev–Trinajstić information content (AvgIpc) is 2.62. The van der Waals surface area contributed by atoms with Crippen LogP contribution in [0, 0.1) is 11.8 Å². The minimum Gasteiger partial charge on any atom is -0.463 e. The summed E-state index contributed by atoms with van der Waals surface area (Å²) in [6.07, 6.45) is -0.734. The molecule has 0 aromatic heterocycles. The molecule has 6 nitrogen and oxygen atoms in total. The largest absolute Gasteiger partial charge is 0.463 e. The average molecular weight is 349 g/mol. The third-order valence-electron chi connectivity index (χ3n) is 4.86. The molecule has 6 heteroatoms. The number of ether oxygens (including phenoxy) is 3. The number of ketones is 1. The van der Waals surface area contributed by atoms with Crippen LogP contribution < -0.4 is 5.32 Å². The highest BCUT2D eigenvalue weighted by atomic mass is 16.7. The Morgan fingerprint density at radius 2 is 1.84 bits per heavy atom. The first-order valence-corrected chi connectivity index (χ1v) is 8.57. The zero-order chi connectivity index (χ0) is 18.4. The summed E-state index contributed by atoms with van der Waals surface area (Å²) in [5, 5.41) is 3.28. The van der Waals surface area contributed by atoms with Gasteiger partial charge in [-0.2, -0.15) is 0 Å². The summed E-state index contributed by atoms with van der Waals surface area (Å²) in [6, 6.07) is 9.06. The van der Waals surface area contributed by atoms with Gasteiger partial charge in [0.15, 0.2) is 12.1 Å². The summed E-state index contributed by atoms with van der Waals surface area (Å²) in [6.45, 7) is 5.94. The highest BCUT2D eigenvalue weighted by Crippen LogP contribution is 2.31. The molecule has 1 aliphatic heterocycles. The van der Waals surface area contributed by atoms with Crippen molar-refractivity contribution in [2.45, 2.75) is 39.2 Å². The van der Waals surface area contributed by atoms with Crippen molar-refractivity contribution in [3.63, 3.8) is 0 Å². The lowest BCUT2D eigenvalue weighted by atomic mass is 9.82. The third kappa shape index (κ3) is 5.11. The van der Waals surface area contributed by atoms with Gasteiger partial charge in [0.2, 0.25) is 0 Å². The molecule has 0 bridgehead atoms. The molecule has 1 heterocycles. The number of hydrogen-bond acceptors (Lipinski definition) is 6. The highest BCUT2D eigenvalue weighted by Gasteiger charge is 2.42. The summed E-state index contributed by atoms with van der Waals surface area (Å²) in [4.78, 5) is 23.4. The van der Waals surface area contributed by atoms with Crippen molar-refractivity contribution in [1.82, 2.24) is 5.32 Å². The van der Waals surface area contributed by atoms with Crippen LogP contribution in [0.3, 0.4) is 0 Å². The molecule has 1 aliphatic rings. The Kier molecular flexibility index (Phi) is 7.11.